The third-order valence-electron chi connectivity index (χ3n) is 4.43. The fraction of sp³-hybridized carbons (Fsp3) is 0.0870. The van der Waals surface area contributed by atoms with E-state index < -0.39 is 11.8 Å². The summed E-state index contributed by atoms with van der Waals surface area (Å²) in [7, 11) is 0. The molecule has 4 rings (SSSR count). The molecule has 0 fully saturated rings. The maximum atomic E-state index is 12.4. The lowest BCUT2D eigenvalue weighted by Gasteiger charge is -2.09. The average molecular weight is 417 g/mol. The minimum atomic E-state index is -0.457. The second-order valence-corrected chi connectivity index (χ2v) is 7.60. The lowest BCUT2D eigenvalue weighted by atomic mass is 10.1. The quantitative estimate of drug-likeness (QED) is 0.479. The Bertz CT molecular complexity index is 1200. The number of aromatic nitrogens is 1. The number of carbonyl (C=O) groups excluding carboxylic acids is 2. The molecule has 1 aromatic heterocycles. The van der Waals surface area contributed by atoms with E-state index in [1.54, 1.807) is 13.0 Å². The SMILES string of the molecule is Cc1nc(-c2ccccc2)sc1C(=O)NNC(=O)COc1ccc2ccccc2c1. The summed E-state index contributed by atoms with van der Waals surface area (Å²) < 4.78 is 5.53. The number of ether oxygens (including phenoxy) is 1. The lowest BCUT2D eigenvalue weighted by Crippen LogP contribution is -2.43. The second kappa shape index (κ2) is 8.75. The maximum absolute atomic E-state index is 12.4. The highest BCUT2D eigenvalue weighted by Crippen LogP contribution is 2.27. The Balaban J connectivity index is 1.32. The van der Waals surface area contributed by atoms with Crippen molar-refractivity contribution in [1.29, 1.82) is 0 Å². The summed E-state index contributed by atoms with van der Waals surface area (Å²) in [5.41, 5.74) is 6.35. The number of hydrogen-bond acceptors (Lipinski definition) is 5. The largest absolute Gasteiger partial charge is 0.484 e. The highest BCUT2D eigenvalue weighted by Gasteiger charge is 2.17. The van der Waals surface area contributed by atoms with Gasteiger partial charge in [0, 0.05) is 5.56 Å². The predicted molar refractivity (Wildman–Crippen MR) is 117 cm³/mol. The number of hydrazine groups is 1. The minimum Gasteiger partial charge on any atom is -0.484 e. The van der Waals surface area contributed by atoms with Crippen LogP contribution in [0, 0.1) is 6.92 Å². The van der Waals surface area contributed by atoms with Crippen LogP contribution in [-0.4, -0.2) is 23.4 Å². The molecule has 7 heteroatoms. The van der Waals surface area contributed by atoms with E-state index in [0.29, 0.717) is 16.3 Å². The molecule has 0 spiro atoms. The van der Waals surface area contributed by atoms with Gasteiger partial charge in [-0.3, -0.25) is 20.4 Å². The third-order valence-corrected chi connectivity index (χ3v) is 5.64. The number of hydrogen-bond donors (Lipinski definition) is 2. The van der Waals surface area contributed by atoms with Crippen LogP contribution >= 0.6 is 11.3 Å². The summed E-state index contributed by atoms with van der Waals surface area (Å²) in [5.74, 6) is -0.283. The summed E-state index contributed by atoms with van der Waals surface area (Å²) in [5, 5.41) is 2.87. The molecule has 3 aromatic carbocycles. The molecule has 1 heterocycles. The van der Waals surface area contributed by atoms with Crippen molar-refractivity contribution in [3.8, 4) is 16.3 Å². The fourth-order valence-electron chi connectivity index (χ4n) is 2.94. The van der Waals surface area contributed by atoms with E-state index in [-0.39, 0.29) is 6.61 Å². The number of fused-ring (bicyclic) bond motifs is 1. The number of carbonyl (C=O) groups is 2. The average Bonchev–Trinajstić information content (AvgIpc) is 3.18. The van der Waals surface area contributed by atoms with Gasteiger partial charge < -0.3 is 4.74 Å². The molecule has 30 heavy (non-hydrogen) atoms. The number of nitrogens with zero attached hydrogens (tertiary/aromatic N) is 1. The molecular weight excluding hydrogens is 398 g/mol. The number of benzene rings is 3. The van der Waals surface area contributed by atoms with Crippen molar-refractivity contribution in [3.63, 3.8) is 0 Å². The van der Waals surface area contributed by atoms with Crippen molar-refractivity contribution >= 4 is 33.9 Å². The van der Waals surface area contributed by atoms with Crippen LogP contribution in [-0.2, 0) is 4.79 Å². The predicted octanol–water partition coefficient (Wildman–Crippen LogP) is 4.11. The van der Waals surface area contributed by atoms with E-state index >= 15 is 0 Å². The Kier molecular flexibility index (Phi) is 5.72. The molecule has 2 N–H and O–H groups in total. The van der Waals surface area contributed by atoms with Crippen molar-refractivity contribution in [1.82, 2.24) is 15.8 Å². The van der Waals surface area contributed by atoms with Crippen LogP contribution in [0.1, 0.15) is 15.4 Å². The van der Waals surface area contributed by atoms with E-state index in [9.17, 15) is 9.59 Å². The molecule has 2 amide bonds. The molecule has 0 saturated carbocycles. The summed E-state index contributed by atoms with van der Waals surface area (Å²) >= 11 is 1.28. The Hall–Kier alpha value is -3.71. The molecule has 0 unspecified atom stereocenters. The summed E-state index contributed by atoms with van der Waals surface area (Å²) in [4.78, 5) is 29.4. The number of thiazole rings is 1. The monoisotopic (exact) mass is 417 g/mol. The lowest BCUT2D eigenvalue weighted by molar-refractivity contribution is -0.123. The van der Waals surface area contributed by atoms with Gasteiger partial charge in [0.15, 0.2) is 6.61 Å². The number of nitrogens with one attached hydrogen (secondary N) is 2. The van der Waals surface area contributed by atoms with E-state index in [0.717, 1.165) is 21.3 Å². The van der Waals surface area contributed by atoms with Gasteiger partial charge >= 0.3 is 0 Å². The van der Waals surface area contributed by atoms with Crippen LogP contribution in [0.25, 0.3) is 21.3 Å². The van der Waals surface area contributed by atoms with Crippen molar-refractivity contribution in [3.05, 3.63) is 83.4 Å². The highest BCUT2D eigenvalue weighted by atomic mass is 32.1. The molecule has 6 nitrogen and oxygen atoms in total. The normalized spacial score (nSPS) is 10.6. The zero-order valence-electron chi connectivity index (χ0n) is 16.2. The van der Waals surface area contributed by atoms with Gasteiger partial charge in [-0.1, -0.05) is 60.7 Å². The van der Waals surface area contributed by atoms with Gasteiger partial charge in [-0.25, -0.2) is 4.98 Å². The molecular formula is C23H19N3O3S. The molecule has 150 valence electrons. The van der Waals surface area contributed by atoms with Crippen LogP contribution in [0.2, 0.25) is 0 Å². The van der Waals surface area contributed by atoms with Crippen LogP contribution in [0.3, 0.4) is 0 Å². The van der Waals surface area contributed by atoms with Crippen molar-refractivity contribution in [2.24, 2.45) is 0 Å². The fourth-order valence-corrected chi connectivity index (χ4v) is 3.90. The highest BCUT2D eigenvalue weighted by molar-refractivity contribution is 7.17. The first-order valence-corrected chi connectivity index (χ1v) is 10.2. The van der Waals surface area contributed by atoms with Crippen LogP contribution in [0.15, 0.2) is 72.8 Å². The molecule has 0 aliphatic rings. The van der Waals surface area contributed by atoms with Gasteiger partial charge in [-0.05, 0) is 29.8 Å². The number of amides is 2. The first kappa shape index (κ1) is 19.6. The van der Waals surface area contributed by atoms with Crippen LogP contribution < -0.4 is 15.6 Å². The topological polar surface area (TPSA) is 80.3 Å². The summed E-state index contributed by atoms with van der Waals surface area (Å²) in [6, 6.07) is 23.1. The first-order chi connectivity index (χ1) is 14.6. The Labute approximate surface area is 177 Å². The van der Waals surface area contributed by atoms with E-state index in [1.807, 2.05) is 66.7 Å². The van der Waals surface area contributed by atoms with Crippen molar-refractivity contribution in [2.75, 3.05) is 6.61 Å². The zero-order chi connectivity index (χ0) is 20.9. The van der Waals surface area contributed by atoms with Crippen LogP contribution in [0.4, 0.5) is 0 Å². The smallest absolute Gasteiger partial charge is 0.281 e. The van der Waals surface area contributed by atoms with Crippen molar-refractivity contribution < 1.29 is 14.3 Å². The molecule has 0 radical (unpaired) electrons. The summed E-state index contributed by atoms with van der Waals surface area (Å²) in [6.45, 7) is 1.55. The van der Waals surface area contributed by atoms with E-state index in [2.05, 4.69) is 15.8 Å². The van der Waals surface area contributed by atoms with Crippen LogP contribution in [0.5, 0.6) is 5.75 Å². The molecule has 0 aliphatic carbocycles. The number of aryl methyl sites for hydroxylation is 1. The van der Waals surface area contributed by atoms with Gasteiger partial charge in [0.1, 0.15) is 15.6 Å². The molecule has 0 saturated heterocycles. The Morgan fingerprint density at radius 2 is 1.67 bits per heavy atom. The standard InChI is InChI=1S/C23H19N3O3S/c1-15-21(30-23(24-15)17-8-3-2-4-9-17)22(28)26-25-20(27)14-29-19-12-11-16-7-5-6-10-18(16)13-19/h2-13H,14H2,1H3,(H,25,27)(H,26,28). The zero-order valence-corrected chi connectivity index (χ0v) is 17.0. The van der Waals surface area contributed by atoms with Gasteiger partial charge in [0.25, 0.3) is 11.8 Å². The van der Waals surface area contributed by atoms with Gasteiger partial charge in [-0.15, -0.1) is 11.3 Å². The Morgan fingerprint density at radius 1 is 0.933 bits per heavy atom. The van der Waals surface area contributed by atoms with Gasteiger partial charge in [0.2, 0.25) is 0 Å². The van der Waals surface area contributed by atoms with E-state index in [1.165, 1.54) is 11.3 Å². The molecule has 0 atom stereocenters. The Morgan fingerprint density at radius 3 is 2.47 bits per heavy atom. The first-order valence-electron chi connectivity index (χ1n) is 9.34. The summed E-state index contributed by atoms with van der Waals surface area (Å²) in [6.07, 6.45) is 0. The second-order valence-electron chi connectivity index (χ2n) is 6.60. The molecule has 4 aromatic rings. The third kappa shape index (κ3) is 4.47. The maximum Gasteiger partial charge on any atom is 0.281 e. The minimum absolute atomic E-state index is 0.213. The van der Waals surface area contributed by atoms with E-state index in [4.69, 9.17) is 4.74 Å². The molecule has 0 aliphatic heterocycles. The van der Waals surface area contributed by atoms with Gasteiger partial charge in [0.05, 0.1) is 5.69 Å². The number of rotatable bonds is 5. The van der Waals surface area contributed by atoms with Crippen molar-refractivity contribution in [2.45, 2.75) is 6.92 Å². The van der Waals surface area contributed by atoms with Gasteiger partial charge in [-0.2, -0.15) is 0 Å². The molecule has 0 bridgehead atoms.